The van der Waals surface area contributed by atoms with E-state index in [1.165, 1.54) is 55.1 Å². The Bertz CT molecular complexity index is 5410. The number of hydrogen-bond donors (Lipinski definition) is 31. The van der Waals surface area contributed by atoms with Crippen molar-refractivity contribution in [1.82, 2.24) is 25.6 Å². The third kappa shape index (κ3) is 40.7. The van der Waals surface area contributed by atoms with Crippen molar-refractivity contribution >= 4 is 163 Å². The van der Waals surface area contributed by atoms with Crippen molar-refractivity contribution in [3.8, 4) is 5.75 Å². The number of aliphatic hydroxyl groups excluding tert-OH is 17. The Morgan fingerprint density at radius 3 is 1.33 bits per heavy atom. The number of para-hydroxylation sites is 1. The summed E-state index contributed by atoms with van der Waals surface area (Å²) in [5, 5.41) is 253. The predicted molar refractivity (Wildman–Crippen MR) is 525 cm³/mol. The molecule has 0 radical (unpaired) electrons. The number of H-pyrrole nitrogens is 2. The number of carboxylic acid groups (broad SMARTS) is 3. The molecule has 34 N–H and O–H groups in total. The van der Waals surface area contributed by atoms with E-state index >= 15 is 0 Å². The van der Waals surface area contributed by atoms with E-state index < -0.39 is 277 Å². The van der Waals surface area contributed by atoms with Crippen molar-refractivity contribution in [2.75, 3.05) is 56.9 Å². The average molecular weight is 2000 g/mol. The fraction of sp³-hybridized carbons (Fsp3) is 0.482. The monoisotopic (exact) mass is 1990 g/mol. The molecule has 0 unspecified atom stereocenters. The molecule has 138 heavy (non-hydrogen) atoms. The van der Waals surface area contributed by atoms with Crippen LogP contribution in [0.3, 0.4) is 0 Å². The highest BCUT2D eigenvalue weighted by molar-refractivity contribution is 7.98. The molecule has 55 heteroatoms. The van der Waals surface area contributed by atoms with E-state index in [2.05, 4.69) is 99.7 Å². The first-order chi connectivity index (χ1) is 65.3. The van der Waals surface area contributed by atoms with Crippen LogP contribution in [0.25, 0.3) is 10.9 Å². The van der Waals surface area contributed by atoms with Gasteiger partial charge in [0.2, 0.25) is 88.5 Å². The van der Waals surface area contributed by atoms with Gasteiger partial charge in [0.05, 0.1) is 38.8 Å². The zero-order chi connectivity index (χ0) is 102. The van der Waals surface area contributed by atoms with Crippen molar-refractivity contribution in [2.24, 2.45) is 93.0 Å². The number of benzene rings is 3. The largest absolute Gasteiger partial charge is 0.495 e. The second-order valence-electron chi connectivity index (χ2n) is 30.7. The topological polar surface area (TPSA) is 911 Å². The van der Waals surface area contributed by atoms with Crippen molar-refractivity contribution in [3.63, 3.8) is 0 Å². The highest BCUT2D eigenvalue weighted by Crippen LogP contribution is 2.25. The van der Waals surface area contributed by atoms with Gasteiger partial charge >= 0.3 is 28.3 Å². The lowest BCUT2D eigenvalue weighted by Gasteiger charge is -2.21. The Kier molecular flexibility index (Phi) is 48.2. The molecule has 52 nitrogen and oxygen atoms in total. The molecule has 0 bridgehead atoms. The Morgan fingerprint density at radius 1 is 0.471 bits per heavy atom. The second kappa shape index (κ2) is 58.2. The number of fused-ring (bicyclic) bond motifs is 1. The van der Waals surface area contributed by atoms with Gasteiger partial charge in [-0.25, -0.2) is 74.9 Å². The maximum Gasteiger partial charge on any atom is 0.446 e. The normalized spacial score (nSPS) is 17.0. The molecule has 2 heterocycles. The minimum absolute atomic E-state index is 0.0177. The maximum atomic E-state index is 12.8. The number of carbonyl (C=O) groups is 3. The molecular weight excluding hydrogens is 1880 g/mol. The molecular formula is C83H119N25O27S3. The molecule has 5 aromatic rings. The minimum Gasteiger partial charge on any atom is -0.495 e. The fourth-order valence-electron chi connectivity index (χ4n) is 12.7. The molecule has 2 aromatic heterocycles. The SMILES string of the molecule is CC[C@H](C)[C@H](N=C(O)[C@H](CCCNC(=N)N)N=C(O)[C@H](Cc1cnc[nH]1)N=C(O)[C@@H](N)CO)C(O)=N[C@@H](CO)C(O)=N[C@@H](CC(=O)O)C(O)=N[C@@H](CCCNC(=N)N)C(O)=N[C@@H](CC(=O)O)C(O)=N[C@@H](Cc1ccc(OS(=O)(=O)O)cc1)C(O)=N[C@@H](CCSC)C(O)=NCC(O)=N[C@@H](Cc1c[nH]c2ccccc12)C(O)=N[C@@H](CCSC)C(O)=N[C@@H](CC(=O)O)C(O)=N[C@@H](Cc1ccccc1)C(=N)O. The second-order valence-corrected chi connectivity index (χ2v) is 33.7. The molecule has 0 saturated heterocycles. The summed E-state index contributed by atoms with van der Waals surface area (Å²) in [5.41, 5.74) is 18.9. The lowest BCUT2D eigenvalue weighted by molar-refractivity contribution is -0.138. The van der Waals surface area contributed by atoms with Gasteiger partial charge in [0.15, 0.2) is 18.0 Å². The lowest BCUT2D eigenvalue weighted by Crippen LogP contribution is -2.37. The molecule has 0 amide bonds. The molecule has 0 spiro atoms. The van der Waals surface area contributed by atoms with Crippen LogP contribution in [-0.2, 0) is 50.5 Å². The van der Waals surface area contributed by atoms with Crippen molar-refractivity contribution in [1.29, 1.82) is 16.2 Å². The number of aliphatic imine (C=N–C) groups is 14. The molecule has 0 aliphatic carbocycles. The maximum absolute atomic E-state index is 12.8. The van der Waals surface area contributed by atoms with Crippen LogP contribution >= 0.6 is 23.5 Å². The summed E-state index contributed by atoms with van der Waals surface area (Å²) in [7, 11) is -5.09. The van der Waals surface area contributed by atoms with Crippen LogP contribution in [0.4, 0.5) is 0 Å². The van der Waals surface area contributed by atoms with Crippen LogP contribution in [0.5, 0.6) is 5.75 Å². The van der Waals surface area contributed by atoms with E-state index in [0.717, 1.165) is 12.1 Å². The third-order valence-electron chi connectivity index (χ3n) is 20.0. The number of thioether (sulfide) groups is 2. The molecule has 0 fully saturated rings. The van der Waals surface area contributed by atoms with Gasteiger partial charge in [-0.15, -0.1) is 0 Å². The molecule has 0 aliphatic rings. The quantitative estimate of drug-likeness (QED) is 0.0107. The van der Waals surface area contributed by atoms with Gasteiger partial charge in [-0.2, -0.15) is 31.9 Å². The molecule has 0 aliphatic heterocycles. The number of nitrogens with zero attached hydrogens (tertiary/aromatic N) is 15. The summed E-state index contributed by atoms with van der Waals surface area (Å²) in [6.45, 7) is 0.0788. The number of nitrogens with one attached hydrogen (secondary N) is 7. The van der Waals surface area contributed by atoms with Gasteiger partial charge in [-0.05, 0) is 103 Å². The lowest BCUT2D eigenvalue weighted by atomic mass is 9.99. The standard InChI is InChI=1S/C83H119N25O27S3/c1-5-42(2)67(108-73(123)52(18-12-26-92-83(88)89)98-76(126)58(32-46-37-90-41-95-46)102-69(119)49(84)39-109)81(131)107-62(40-110)80(130)106-59(33-64(112)113)77(127)97-51(17-11-25-91-82(86)87)71(121)104-61(35-66(116)117)79(129)103-56(30-44-19-21-47(22-20-44)135-138(132,133)134)74(124)99-53(23-27-136-3)70(120)94-38-63(111)96-57(31-45-36-93-50-16-10-9-15-48(45)50)75(125)100-54(24-28-137-4)72(122)105-60(34-65(114)115)78(128)101-55(68(85)118)29-43-13-7-6-8-14-43/h6-10,13-16,19-22,36-37,41-42,49,51-62,67,93,109-110H,5,11-12,17-18,23-35,38-40,84H2,1-4H3,(H2,85,118)(H,90,95)(H,94,120)(H,96,111)(H,97,127)(H,98,126)(H,99,124)(H,100,125)(H,101,128)(H,102,119)(H,103,129)(H,104,121)(H,105,122)(H,106,130)(H,107,131)(H,108,123)(H,112,113)(H,114,115)(H,116,117)(H4,86,87,91)(H4,88,89,92)(H,132,133,134)/t42-,49-,51-,52-,53-,54-,55-,56-,57-,58-,59-,60-,61-,62-,67-/m0/s1. The minimum atomic E-state index is -5.09. The van der Waals surface area contributed by atoms with Crippen molar-refractivity contribution in [3.05, 3.63) is 120 Å². The van der Waals surface area contributed by atoms with Gasteiger partial charge in [0.25, 0.3) is 0 Å². The number of aromatic amines is 2. The Labute approximate surface area is 798 Å². The first-order valence-electron chi connectivity index (χ1n) is 42.4. The van der Waals surface area contributed by atoms with Gasteiger partial charge in [0, 0.05) is 67.8 Å². The van der Waals surface area contributed by atoms with Gasteiger partial charge in [-0.1, -0.05) is 80.9 Å². The summed E-state index contributed by atoms with van der Waals surface area (Å²) in [5.74, 6) is -22.2. The number of nitrogens with two attached hydrogens (primary N) is 3. The molecule has 3 aromatic carbocycles. The summed E-state index contributed by atoms with van der Waals surface area (Å²) < 4.78 is 37.3. The van der Waals surface area contributed by atoms with E-state index in [-0.39, 0.29) is 87.9 Å². The zero-order valence-electron chi connectivity index (χ0n) is 75.3. The Morgan fingerprint density at radius 2 is 0.877 bits per heavy atom. The molecule has 756 valence electrons. The zero-order valence-corrected chi connectivity index (χ0v) is 77.7. The number of aliphatic carboxylic acids is 3. The molecule has 15 atom stereocenters. The van der Waals surface area contributed by atoms with E-state index in [4.69, 9.17) is 33.4 Å². The summed E-state index contributed by atoms with van der Waals surface area (Å²) in [6.07, 6.45) is 2.01. The fourth-order valence-corrected chi connectivity index (χ4v) is 14.0. The van der Waals surface area contributed by atoms with Gasteiger partial charge in [-0.3, -0.25) is 35.2 Å². The third-order valence-corrected chi connectivity index (χ3v) is 21.7. The van der Waals surface area contributed by atoms with Crippen LogP contribution in [-0.4, -0.2) is 390 Å². The van der Waals surface area contributed by atoms with Crippen molar-refractivity contribution < 1.29 is 134 Å². The van der Waals surface area contributed by atoms with E-state index in [1.54, 1.807) is 80.2 Å². The first kappa shape index (κ1) is 114. The smallest absolute Gasteiger partial charge is 0.446 e. The molecule has 0 saturated carbocycles. The molecule has 5 rings (SSSR count). The van der Waals surface area contributed by atoms with E-state index in [0.29, 0.717) is 27.7 Å². The van der Waals surface area contributed by atoms with Crippen LogP contribution < -0.4 is 32.0 Å². The number of rotatable bonds is 63. The van der Waals surface area contributed by atoms with E-state index in [1.807, 2.05) is 0 Å². The predicted octanol–water partition coefficient (Wildman–Crippen LogP) is 4.88. The van der Waals surface area contributed by atoms with Crippen LogP contribution in [0, 0.1) is 22.1 Å². The van der Waals surface area contributed by atoms with E-state index in [9.17, 15) is 129 Å². The average Bonchev–Trinajstić information content (AvgIpc) is 1.65. The Hall–Kier alpha value is -14.3. The van der Waals surface area contributed by atoms with Gasteiger partial charge in [0.1, 0.15) is 90.8 Å². The van der Waals surface area contributed by atoms with Crippen LogP contribution in [0.15, 0.2) is 167 Å². The highest BCUT2D eigenvalue weighted by Gasteiger charge is 2.35. The summed E-state index contributed by atoms with van der Waals surface area (Å²) in [6, 6.07) is -4.50. The number of guanidine groups is 2. The summed E-state index contributed by atoms with van der Waals surface area (Å²) >= 11 is 2.48. The number of aromatic nitrogens is 3. The van der Waals surface area contributed by atoms with Crippen molar-refractivity contribution in [2.45, 2.75) is 188 Å². The van der Waals surface area contributed by atoms with Gasteiger partial charge < -0.3 is 144 Å². The summed E-state index contributed by atoms with van der Waals surface area (Å²) in [4.78, 5) is 105. The Balaban J connectivity index is 1.63. The first-order valence-corrected chi connectivity index (χ1v) is 46.6. The number of hydrogen-bond acceptors (Lipinski definition) is 29. The number of imidazole rings is 1. The van der Waals surface area contributed by atoms with Crippen LogP contribution in [0.2, 0.25) is 0 Å². The van der Waals surface area contributed by atoms with Crippen LogP contribution in [0.1, 0.15) is 100 Å². The number of carboxylic acids is 3. The number of aliphatic hydroxyl groups is 17. The highest BCUT2D eigenvalue weighted by atomic mass is 32.3.